The van der Waals surface area contributed by atoms with Crippen molar-refractivity contribution < 1.29 is 0 Å². The second-order valence-electron chi connectivity index (χ2n) is 4.37. The number of H-pyrrole nitrogens is 2. The summed E-state index contributed by atoms with van der Waals surface area (Å²) in [5.41, 5.74) is 3.25. The summed E-state index contributed by atoms with van der Waals surface area (Å²) in [6.45, 7) is 0. The number of benzene rings is 1. The number of nitrogens with one attached hydrogen (secondary N) is 2. The quantitative estimate of drug-likeness (QED) is 0.692. The third-order valence-corrected chi connectivity index (χ3v) is 3.54. The molecule has 2 heterocycles. The molecule has 0 aliphatic rings. The highest BCUT2D eigenvalue weighted by Gasteiger charge is 2.19. The molecule has 0 saturated heterocycles. The highest BCUT2D eigenvalue weighted by Crippen LogP contribution is 2.32. The second-order valence-corrected chi connectivity index (χ2v) is 5.18. The molecule has 4 heteroatoms. The summed E-state index contributed by atoms with van der Waals surface area (Å²) in [5, 5.41) is 1.27. The maximum absolute atomic E-state index is 5.99. The highest BCUT2D eigenvalue weighted by atomic mass is 35.5. The number of rotatable bonds is 3. The van der Waals surface area contributed by atoms with E-state index < -0.39 is 0 Å². The molecule has 2 aromatic heterocycles. The molecule has 3 aromatic rings. The number of aromatic amines is 2. The Kier molecular flexibility index (Phi) is 3.36. The van der Waals surface area contributed by atoms with Crippen LogP contribution in [0.3, 0.4) is 0 Å². The van der Waals surface area contributed by atoms with Crippen LogP contribution in [0.1, 0.15) is 22.9 Å². The third kappa shape index (κ3) is 2.55. The van der Waals surface area contributed by atoms with Crippen molar-refractivity contribution >= 4 is 23.2 Å². The molecule has 2 nitrogen and oxygen atoms in total. The standard InChI is InChI=1S/C15H12Cl2N2/c16-13-8-6-11(18-13)15(10-4-2-1-3-5-10)12-7-9-14(17)19-12/h1-9,15,18-19H. The second kappa shape index (κ2) is 5.16. The Morgan fingerprint density at radius 2 is 1.21 bits per heavy atom. The predicted octanol–water partition coefficient (Wildman–Crippen LogP) is 4.83. The first kappa shape index (κ1) is 12.4. The van der Waals surface area contributed by atoms with Crippen molar-refractivity contribution in [2.24, 2.45) is 0 Å². The summed E-state index contributed by atoms with van der Waals surface area (Å²) in [6, 6.07) is 17.9. The van der Waals surface area contributed by atoms with Crippen LogP contribution in [-0.4, -0.2) is 9.97 Å². The zero-order chi connectivity index (χ0) is 13.2. The van der Waals surface area contributed by atoms with Gasteiger partial charge in [-0.05, 0) is 29.8 Å². The molecule has 0 atom stereocenters. The molecule has 0 saturated carbocycles. The van der Waals surface area contributed by atoms with Gasteiger partial charge in [0.25, 0.3) is 0 Å². The fourth-order valence-electron chi connectivity index (χ4n) is 2.28. The van der Waals surface area contributed by atoms with Gasteiger partial charge in [-0.3, -0.25) is 0 Å². The van der Waals surface area contributed by atoms with Gasteiger partial charge < -0.3 is 9.97 Å². The molecule has 0 unspecified atom stereocenters. The van der Waals surface area contributed by atoms with Crippen LogP contribution >= 0.6 is 23.2 Å². The average molecular weight is 291 g/mol. The number of hydrogen-bond acceptors (Lipinski definition) is 0. The van der Waals surface area contributed by atoms with E-state index in [-0.39, 0.29) is 5.92 Å². The Morgan fingerprint density at radius 3 is 1.63 bits per heavy atom. The monoisotopic (exact) mass is 290 g/mol. The van der Waals surface area contributed by atoms with Gasteiger partial charge in [0.1, 0.15) is 10.3 Å². The van der Waals surface area contributed by atoms with Crippen LogP contribution in [0.15, 0.2) is 54.6 Å². The zero-order valence-electron chi connectivity index (χ0n) is 10.0. The van der Waals surface area contributed by atoms with E-state index in [2.05, 4.69) is 22.1 Å². The summed E-state index contributed by atoms with van der Waals surface area (Å²) < 4.78 is 0. The van der Waals surface area contributed by atoms with Crippen LogP contribution in [0.4, 0.5) is 0 Å². The Labute approximate surface area is 121 Å². The molecule has 1 aromatic carbocycles. The Morgan fingerprint density at radius 1 is 0.684 bits per heavy atom. The lowest BCUT2D eigenvalue weighted by atomic mass is 9.93. The molecule has 96 valence electrons. The number of halogens is 2. The Balaban J connectivity index is 2.11. The minimum absolute atomic E-state index is 0.0706. The van der Waals surface area contributed by atoms with Crippen LogP contribution in [0.5, 0.6) is 0 Å². The molecule has 19 heavy (non-hydrogen) atoms. The van der Waals surface area contributed by atoms with Gasteiger partial charge in [0.2, 0.25) is 0 Å². The maximum atomic E-state index is 5.99. The maximum Gasteiger partial charge on any atom is 0.106 e. The van der Waals surface area contributed by atoms with Crippen LogP contribution in [0, 0.1) is 0 Å². The molecule has 0 bridgehead atoms. The SMILES string of the molecule is Clc1ccc(C(c2ccccc2)c2ccc(Cl)[nH]2)[nH]1. The molecular weight excluding hydrogens is 279 g/mol. The lowest BCUT2D eigenvalue weighted by molar-refractivity contribution is 0.898. The zero-order valence-corrected chi connectivity index (χ0v) is 11.5. The first-order valence-electron chi connectivity index (χ1n) is 5.98. The summed E-state index contributed by atoms with van der Waals surface area (Å²) in [7, 11) is 0. The lowest BCUT2D eigenvalue weighted by Crippen LogP contribution is -2.04. The average Bonchev–Trinajstić information content (AvgIpc) is 3.01. The third-order valence-electron chi connectivity index (χ3n) is 3.10. The molecule has 0 aliphatic heterocycles. The minimum Gasteiger partial charge on any atom is -0.349 e. The van der Waals surface area contributed by atoms with E-state index in [4.69, 9.17) is 23.2 Å². The van der Waals surface area contributed by atoms with E-state index in [0.29, 0.717) is 10.3 Å². The molecule has 0 spiro atoms. The summed E-state index contributed by atoms with van der Waals surface area (Å²) >= 11 is 12.0. The number of aromatic nitrogens is 2. The Bertz CT molecular complexity index is 630. The van der Waals surface area contributed by atoms with Gasteiger partial charge in [-0.25, -0.2) is 0 Å². The fraction of sp³-hybridized carbons (Fsp3) is 0.0667. The van der Waals surface area contributed by atoms with Crippen LogP contribution in [0.2, 0.25) is 10.3 Å². The van der Waals surface area contributed by atoms with Crippen LogP contribution in [-0.2, 0) is 0 Å². The van der Waals surface area contributed by atoms with Crippen LogP contribution in [0.25, 0.3) is 0 Å². The van der Waals surface area contributed by atoms with Gasteiger partial charge in [0.15, 0.2) is 0 Å². The van der Waals surface area contributed by atoms with Crippen molar-refractivity contribution in [1.29, 1.82) is 0 Å². The highest BCUT2D eigenvalue weighted by molar-refractivity contribution is 6.29. The van der Waals surface area contributed by atoms with E-state index in [1.165, 1.54) is 5.56 Å². The van der Waals surface area contributed by atoms with Gasteiger partial charge in [0.05, 0.1) is 5.92 Å². The van der Waals surface area contributed by atoms with Gasteiger partial charge in [-0.2, -0.15) is 0 Å². The summed E-state index contributed by atoms with van der Waals surface area (Å²) in [4.78, 5) is 6.37. The topological polar surface area (TPSA) is 31.6 Å². The lowest BCUT2D eigenvalue weighted by Gasteiger charge is -2.15. The van der Waals surface area contributed by atoms with Crippen molar-refractivity contribution in [3.63, 3.8) is 0 Å². The van der Waals surface area contributed by atoms with Crippen LogP contribution < -0.4 is 0 Å². The first-order valence-corrected chi connectivity index (χ1v) is 6.73. The van der Waals surface area contributed by atoms with Gasteiger partial charge in [0, 0.05) is 11.4 Å². The molecule has 0 amide bonds. The van der Waals surface area contributed by atoms with E-state index in [9.17, 15) is 0 Å². The van der Waals surface area contributed by atoms with Crippen molar-refractivity contribution in [1.82, 2.24) is 9.97 Å². The molecule has 0 aliphatic carbocycles. The largest absolute Gasteiger partial charge is 0.349 e. The molecule has 2 N–H and O–H groups in total. The fourth-order valence-corrected chi connectivity index (χ4v) is 2.62. The molecule has 3 rings (SSSR count). The van der Waals surface area contributed by atoms with Crippen molar-refractivity contribution in [2.75, 3.05) is 0 Å². The van der Waals surface area contributed by atoms with E-state index in [0.717, 1.165) is 11.4 Å². The van der Waals surface area contributed by atoms with Crippen molar-refractivity contribution in [2.45, 2.75) is 5.92 Å². The minimum atomic E-state index is 0.0706. The van der Waals surface area contributed by atoms with Gasteiger partial charge >= 0.3 is 0 Å². The van der Waals surface area contributed by atoms with E-state index >= 15 is 0 Å². The summed E-state index contributed by atoms with van der Waals surface area (Å²) in [6.07, 6.45) is 0. The molecule has 0 radical (unpaired) electrons. The van der Waals surface area contributed by atoms with Gasteiger partial charge in [-0.1, -0.05) is 53.5 Å². The van der Waals surface area contributed by atoms with Gasteiger partial charge in [-0.15, -0.1) is 0 Å². The van der Waals surface area contributed by atoms with Crippen molar-refractivity contribution in [3.8, 4) is 0 Å². The Hall–Kier alpha value is -1.64. The summed E-state index contributed by atoms with van der Waals surface area (Å²) in [5.74, 6) is 0.0706. The predicted molar refractivity (Wildman–Crippen MR) is 79.0 cm³/mol. The van der Waals surface area contributed by atoms with E-state index in [1.807, 2.05) is 42.5 Å². The smallest absolute Gasteiger partial charge is 0.106 e. The first-order chi connectivity index (χ1) is 9.24. The molecule has 0 fully saturated rings. The normalized spacial score (nSPS) is 11.1. The molecular formula is C15H12Cl2N2. The number of hydrogen-bond donors (Lipinski definition) is 2. The van der Waals surface area contributed by atoms with E-state index in [1.54, 1.807) is 0 Å². The van der Waals surface area contributed by atoms with Crippen molar-refractivity contribution in [3.05, 3.63) is 81.9 Å².